The summed E-state index contributed by atoms with van der Waals surface area (Å²) in [4.78, 5) is 13.0. The van der Waals surface area contributed by atoms with Gasteiger partial charge in [0, 0.05) is 16.6 Å². The van der Waals surface area contributed by atoms with Crippen LogP contribution in [-0.4, -0.2) is 13.0 Å². The van der Waals surface area contributed by atoms with E-state index in [1.165, 1.54) is 11.3 Å². The Morgan fingerprint density at radius 2 is 2.21 bits per heavy atom. The van der Waals surface area contributed by atoms with E-state index < -0.39 is 0 Å². The minimum atomic E-state index is -0.218. The molecule has 0 bridgehead atoms. The van der Waals surface area contributed by atoms with E-state index in [9.17, 15) is 4.79 Å². The van der Waals surface area contributed by atoms with Gasteiger partial charge in [0.2, 0.25) is 0 Å². The summed E-state index contributed by atoms with van der Waals surface area (Å²) in [6.45, 7) is 0.432. The summed E-state index contributed by atoms with van der Waals surface area (Å²) in [5, 5.41) is 2.80. The number of nitrogens with one attached hydrogen (secondary N) is 1. The molecule has 1 amide bonds. The van der Waals surface area contributed by atoms with Crippen molar-refractivity contribution in [2.45, 2.75) is 6.54 Å². The third kappa shape index (κ3) is 3.39. The number of benzene rings is 1. The zero-order valence-corrected chi connectivity index (χ0v) is 11.8. The zero-order chi connectivity index (χ0) is 13.8. The fourth-order valence-corrected chi connectivity index (χ4v) is 2.61. The molecule has 19 heavy (non-hydrogen) atoms. The average Bonchev–Trinajstić information content (AvgIpc) is 2.81. The number of nitrogen functional groups attached to an aromatic ring is 1. The molecule has 1 heterocycles. The molecule has 6 heteroatoms. The van der Waals surface area contributed by atoms with Crippen LogP contribution in [0.2, 0.25) is 4.34 Å². The largest absolute Gasteiger partial charge is 0.497 e. The summed E-state index contributed by atoms with van der Waals surface area (Å²) in [6.07, 6.45) is 0. The highest BCUT2D eigenvalue weighted by atomic mass is 35.5. The number of halogens is 1. The standard InChI is InChI=1S/C13H13ClN2O2S/c1-18-8-2-4-10(11(15)6-8)13(17)16-7-9-3-5-12(14)19-9/h2-6H,7,15H2,1H3,(H,16,17). The fourth-order valence-electron chi connectivity index (χ4n) is 1.58. The molecule has 2 aromatic rings. The van der Waals surface area contributed by atoms with Crippen molar-refractivity contribution in [3.05, 3.63) is 45.1 Å². The van der Waals surface area contributed by atoms with Crippen LogP contribution in [0.15, 0.2) is 30.3 Å². The number of anilines is 1. The first-order valence-electron chi connectivity index (χ1n) is 5.56. The summed E-state index contributed by atoms with van der Waals surface area (Å²) in [5.41, 5.74) is 6.64. The van der Waals surface area contributed by atoms with E-state index in [0.29, 0.717) is 27.9 Å². The number of carbonyl (C=O) groups excluding carboxylic acids is 1. The Morgan fingerprint density at radius 1 is 1.42 bits per heavy atom. The van der Waals surface area contributed by atoms with Gasteiger partial charge in [0.15, 0.2) is 0 Å². The van der Waals surface area contributed by atoms with Crippen LogP contribution >= 0.6 is 22.9 Å². The van der Waals surface area contributed by atoms with Crippen molar-refractivity contribution in [3.8, 4) is 5.75 Å². The van der Waals surface area contributed by atoms with Gasteiger partial charge in [-0.3, -0.25) is 4.79 Å². The van der Waals surface area contributed by atoms with Crippen LogP contribution in [0, 0.1) is 0 Å². The molecule has 0 aliphatic heterocycles. The number of rotatable bonds is 4. The number of nitrogens with two attached hydrogens (primary N) is 1. The second-order valence-corrected chi connectivity index (χ2v) is 5.64. The molecule has 1 aromatic carbocycles. The Hall–Kier alpha value is -1.72. The lowest BCUT2D eigenvalue weighted by atomic mass is 10.1. The smallest absolute Gasteiger partial charge is 0.253 e. The van der Waals surface area contributed by atoms with E-state index >= 15 is 0 Å². The average molecular weight is 297 g/mol. The maximum Gasteiger partial charge on any atom is 0.253 e. The van der Waals surface area contributed by atoms with Crippen LogP contribution in [0.1, 0.15) is 15.2 Å². The Bertz CT molecular complexity index is 598. The second kappa shape index (κ2) is 5.95. The first-order chi connectivity index (χ1) is 9.10. The van der Waals surface area contributed by atoms with Crippen LogP contribution in [-0.2, 0) is 6.54 Å². The Balaban J connectivity index is 2.03. The summed E-state index contributed by atoms with van der Waals surface area (Å²) >= 11 is 7.26. The molecule has 1 aromatic heterocycles. The number of methoxy groups -OCH3 is 1. The predicted molar refractivity (Wildman–Crippen MR) is 77.9 cm³/mol. The molecule has 0 radical (unpaired) electrons. The number of hydrogen-bond acceptors (Lipinski definition) is 4. The van der Waals surface area contributed by atoms with Crippen molar-refractivity contribution in [1.29, 1.82) is 0 Å². The molecule has 0 unspecified atom stereocenters. The molecule has 0 spiro atoms. The molecule has 2 rings (SSSR count). The summed E-state index contributed by atoms with van der Waals surface area (Å²) in [7, 11) is 1.55. The summed E-state index contributed by atoms with van der Waals surface area (Å²) < 4.78 is 5.74. The minimum Gasteiger partial charge on any atom is -0.497 e. The topological polar surface area (TPSA) is 64.3 Å². The quantitative estimate of drug-likeness (QED) is 0.853. The van der Waals surface area contributed by atoms with Gasteiger partial charge in [-0.15, -0.1) is 11.3 Å². The Labute approximate surface area is 120 Å². The molecule has 0 aliphatic carbocycles. The van der Waals surface area contributed by atoms with Crippen molar-refractivity contribution >= 4 is 34.5 Å². The van der Waals surface area contributed by atoms with Gasteiger partial charge < -0.3 is 15.8 Å². The third-order valence-electron chi connectivity index (χ3n) is 2.56. The maximum atomic E-state index is 12.0. The number of carbonyl (C=O) groups is 1. The monoisotopic (exact) mass is 296 g/mol. The minimum absolute atomic E-state index is 0.218. The van der Waals surface area contributed by atoms with E-state index in [0.717, 1.165) is 4.88 Å². The lowest BCUT2D eigenvalue weighted by Gasteiger charge is -2.08. The zero-order valence-electron chi connectivity index (χ0n) is 10.3. The van der Waals surface area contributed by atoms with Crippen LogP contribution in [0.3, 0.4) is 0 Å². The number of ether oxygens (including phenoxy) is 1. The summed E-state index contributed by atoms with van der Waals surface area (Å²) in [6, 6.07) is 8.65. The number of hydrogen-bond donors (Lipinski definition) is 2. The molecule has 100 valence electrons. The number of thiophene rings is 1. The lowest BCUT2D eigenvalue weighted by molar-refractivity contribution is 0.0952. The highest BCUT2D eigenvalue weighted by molar-refractivity contribution is 7.16. The normalized spacial score (nSPS) is 10.2. The van der Waals surface area contributed by atoms with Crippen LogP contribution in [0.5, 0.6) is 5.75 Å². The highest BCUT2D eigenvalue weighted by Gasteiger charge is 2.10. The molecular weight excluding hydrogens is 284 g/mol. The molecule has 3 N–H and O–H groups in total. The Morgan fingerprint density at radius 3 is 2.79 bits per heavy atom. The van der Waals surface area contributed by atoms with Gasteiger partial charge in [0.1, 0.15) is 5.75 Å². The highest BCUT2D eigenvalue weighted by Crippen LogP contribution is 2.22. The molecule has 0 fully saturated rings. The molecular formula is C13H13ClN2O2S. The first kappa shape index (κ1) is 13.7. The van der Waals surface area contributed by atoms with Crippen LogP contribution in [0.25, 0.3) is 0 Å². The van der Waals surface area contributed by atoms with Gasteiger partial charge in [-0.25, -0.2) is 0 Å². The van der Waals surface area contributed by atoms with Crippen molar-refractivity contribution in [2.24, 2.45) is 0 Å². The van der Waals surface area contributed by atoms with Crippen LogP contribution < -0.4 is 15.8 Å². The van der Waals surface area contributed by atoms with Gasteiger partial charge in [0.05, 0.1) is 23.6 Å². The predicted octanol–water partition coefficient (Wildman–Crippen LogP) is 2.92. The SMILES string of the molecule is COc1ccc(C(=O)NCc2ccc(Cl)s2)c(N)c1. The molecule has 4 nitrogen and oxygen atoms in total. The van der Waals surface area contributed by atoms with Crippen molar-refractivity contribution in [1.82, 2.24) is 5.32 Å². The molecule has 0 atom stereocenters. The maximum absolute atomic E-state index is 12.0. The molecule has 0 saturated carbocycles. The van der Waals surface area contributed by atoms with E-state index in [1.807, 2.05) is 6.07 Å². The van der Waals surface area contributed by atoms with Crippen molar-refractivity contribution in [3.63, 3.8) is 0 Å². The second-order valence-electron chi connectivity index (χ2n) is 3.84. The van der Waals surface area contributed by atoms with E-state index in [2.05, 4.69) is 5.32 Å². The number of amides is 1. The first-order valence-corrected chi connectivity index (χ1v) is 6.75. The van der Waals surface area contributed by atoms with Crippen molar-refractivity contribution < 1.29 is 9.53 Å². The molecule has 0 aliphatic rings. The Kier molecular flexibility index (Phi) is 4.29. The van der Waals surface area contributed by atoms with E-state index in [-0.39, 0.29) is 5.91 Å². The van der Waals surface area contributed by atoms with Gasteiger partial charge in [-0.2, -0.15) is 0 Å². The summed E-state index contributed by atoms with van der Waals surface area (Å²) in [5.74, 6) is 0.406. The van der Waals surface area contributed by atoms with Gasteiger partial charge in [-0.1, -0.05) is 11.6 Å². The third-order valence-corrected chi connectivity index (χ3v) is 3.79. The van der Waals surface area contributed by atoms with Gasteiger partial charge in [-0.05, 0) is 24.3 Å². The van der Waals surface area contributed by atoms with Gasteiger partial charge >= 0.3 is 0 Å². The van der Waals surface area contributed by atoms with Crippen molar-refractivity contribution in [2.75, 3.05) is 12.8 Å². The van der Waals surface area contributed by atoms with E-state index in [1.54, 1.807) is 31.4 Å². The molecule has 0 saturated heterocycles. The van der Waals surface area contributed by atoms with E-state index in [4.69, 9.17) is 22.1 Å². The fraction of sp³-hybridized carbons (Fsp3) is 0.154. The lowest BCUT2D eigenvalue weighted by Crippen LogP contribution is -2.23. The van der Waals surface area contributed by atoms with Gasteiger partial charge in [0.25, 0.3) is 5.91 Å². The van der Waals surface area contributed by atoms with Crippen LogP contribution in [0.4, 0.5) is 5.69 Å².